The molecule has 0 spiro atoms. The highest BCUT2D eigenvalue weighted by Gasteiger charge is 2.36. The molecule has 2 fully saturated rings. The van der Waals surface area contributed by atoms with Gasteiger partial charge < -0.3 is 9.64 Å². The second-order valence-electron chi connectivity index (χ2n) is 8.93. The van der Waals surface area contributed by atoms with Crippen molar-refractivity contribution in [1.82, 2.24) is 9.88 Å². The minimum absolute atomic E-state index is 0.0327. The molecule has 1 saturated heterocycles. The molecule has 0 bridgehead atoms. The number of hydrogen-bond donors (Lipinski definition) is 0. The van der Waals surface area contributed by atoms with Crippen molar-refractivity contribution in [2.24, 2.45) is 0 Å². The van der Waals surface area contributed by atoms with Crippen molar-refractivity contribution in [3.63, 3.8) is 0 Å². The van der Waals surface area contributed by atoms with Crippen LogP contribution in [0, 0.1) is 0 Å². The number of amides is 2. The SMILES string of the molecule is CC(=O)N1CCCC1c1cccnc1N(C(=O)OC(C)(C)C)C1CCCCC1. The zero-order valence-electron chi connectivity index (χ0n) is 17.6. The zero-order chi connectivity index (χ0) is 20.3. The van der Waals surface area contributed by atoms with Crippen molar-refractivity contribution in [3.05, 3.63) is 23.9 Å². The Balaban J connectivity index is 2.00. The molecule has 0 radical (unpaired) electrons. The Hall–Kier alpha value is -2.11. The Kier molecular flexibility index (Phi) is 6.26. The summed E-state index contributed by atoms with van der Waals surface area (Å²) in [5.41, 5.74) is 0.379. The van der Waals surface area contributed by atoms with Crippen LogP contribution in [0.4, 0.5) is 10.6 Å². The van der Waals surface area contributed by atoms with Crippen LogP contribution in [0.3, 0.4) is 0 Å². The molecule has 2 heterocycles. The van der Waals surface area contributed by atoms with Gasteiger partial charge in [-0.25, -0.2) is 9.78 Å². The molecule has 1 aliphatic carbocycles. The van der Waals surface area contributed by atoms with Crippen LogP contribution >= 0.6 is 0 Å². The van der Waals surface area contributed by atoms with E-state index < -0.39 is 5.60 Å². The van der Waals surface area contributed by atoms with Gasteiger partial charge in [0, 0.05) is 31.3 Å². The summed E-state index contributed by atoms with van der Waals surface area (Å²) in [4.78, 5) is 33.7. The van der Waals surface area contributed by atoms with E-state index in [-0.39, 0.29) is 24.1 Å². The van der Waals surface area contributed by atoms with Crippen LogP contribution in [0.15, 0.2) is 18.3 Å². The third-order valence-electron chi connectivity index (χ3n) is 5.59. The molecule has 28 heavy (non-hydrogen) atoms. The molecule has 2 amide bonds. The fourth-order valence-corrected chi connectivity index (χ4v) is 4.40. The lowest BCUT2D eigenvalue weighted by molar-refractivity contribution is -0.129. The summed E-state index contributed by atoms with van der Waals surface area (Å²) in [6.45, 7) is 8.03. The third kappa shape index (κ3) is 4.65. The van der Waals surface area contributed by atoms with Gasteiger partial charge in [-0.3, -0.25) is 9.69 Å². The summed E-state index contributed by atoms with van der Waals surface area (Å²) < 4.78 is 5.77. The van der Waals surface area contributed by atoms with Crippen LogP contribution in [0.1, 0.15) is 84.2 Å². The van der Waals surface area contributed by atoms with Crippen LogP contribution in [0.5, 0.6) is 0 Å². The summed E-state index contributed by atoms with van der Waals surface area (Å²) in [7, 11) is 0. The lowest BCUT2D eigenvalue weighted by atomic mass is 9.93. The summed E-state index contributed by atoms with van der Waals surface area (Å²) in [5.74, 6) is 0.723. The molecule has 6 heteroatoms. The van der Waals surface area contributed by atoms with E-state index in [1.54, 1.807) is 18.0 Å². The van der Waals surface area contributed by atoms with Gasteiger partial charge in [0.2, 0.25) is 5.91 Å². The zero-order valence-corrected chi connectivity index (χ0v) is 17.6. The Morgan fingerprint density at radius 2 is 1.86 bits per heavy atom. The molecule has 1 saturated carbocycles. The van der Waals surface area contributed by atoms with Gasteiger partial charge in [-0.1, -0.05) is 25.3 Å². The first kappa shape index (κ1) is 20.6. The van der Waals surface area contributed by atoms with Gasteiger partial charge >= 0.3 is 6.09 Å². The van der Waals surface area contributed by atoms with E-state index in [1.807, 2.05) is 37.8 Å². The molecule has 1 aromatic heterocycles. The molecule has 1 atom stereocenters. The molecule has 154 valence electrons. The predicted molar refractivity (Wildman–Crippen MR) is 109 cm³/mol. The summed E-state index contributed by atoms with van der Waals surface area (Å²) in [6, 6.07) is 3.96. The average Bonchev–Trinajstić information content (AvgIpc) is 3.12. The predicted octanol–water partition coefficient (Wildman–Crippen LogP) is 4.84. The van der Waals surface area contributed by atoms with Gasteiger partial charge in [-0.2, -0.15) is 0 Å². The summed E-state index contributed by atoms with van der Waals surface area (Å²) in [6.07, 6.45) is 8.57. The molecule has 0 aromatic carbocycles. The standard InChI is InChI=1S/C22H33N3O3/c1-16(26)24-15-9-13-19(24)18-12-8-14-23-20(18)25(17-10-6-5-7-11-17)21(27)28-22(2,3)4/h8,12,14,17,19H,5-7,9-11,13,15H2,1-4H3. The van der Waals surface area contributed by atoms with E-state index in [0.717, 1.165) is 50.6 Å². The van der Waals surface area contributed by atoms with Crippen molar-refractivity contribution < 1.29 is 14.3 Å². The summed E-state index contributed by atoms with van der Waals surface area (Å²) >= 11 is 0. The van der Waals surface area contributed by atoms with Crippen molar-refractivity contribution in [2.75, 3.05) is 11.4 Å². The number of likely N-dealkylation sites (tertiary alicyclic amines) is 1. The van der Waals surface area contributed by atoms with Crippen molar-refractivity contribution >= 4 is 17.8 Å². The molecule has 2 aliphatic rings. The van der Waals surface area contributed by atoms with Crippen LogP contribution < -0.4 is 4.90 Å². The first-order chi connectivity index (χ1) is 13.3. The molecule has 0 N–H and O–H groups in total. The first-order valence-electron chi connectivity index (χ1n) is 10.5. The Bertz CT molecular complexity index is 707. The number of rotatable bonds is 3. The molecule has 1 unspecified atom stereocenters. The molecular formula is C22H33N3O3. The number of ether oxygens (including phenoxy) is 1. The maximum absolute atomic E-state index is 13.2. The quantitative estimate of drug-likeness (QED) is 0.744. The number of hydrogen-bond acceptors (Lipinski definition) is 4. The number of anilines is 1. The smallest absolute Gasteiger partial charge is 0.416 e. The number of aromatic nitrogens is 1. The first-order valence-corrected chi connectivity index (χ1v) is 10.5. The van der Waals surface area contributed by atoms with Gasteiger partial charge in [-0.15, -0.1) is 0 Å². The van der Waals surface area contributed by atoms with Gasteiger partial charge in [0.15, 0.2) is 0 Å². The van der Waals surface area contributed by atoms with Crippen LogP contribution in [0.2, 0.25) is 0 Å². The van der Waals surface area contributed by atoms with Crippen molar-refractivity contribution in [3.8, 4) is 0 Å². The van der Waals surface area contributed by atoms with E-state index in [2.05, 4.69) is 4.98 Å². The topological polar surface area (TPSA) is 62.7 Å². The van der Waals surface area contributed by atoms with Crippen molar-refractivity contribution in [1.29, 1.82) is 0 Å². The monoisotopic (exact) mass is 387 g/mol. The van der Waals surface area contributed by atoms with Gasteiger partial charge in [0.25, 0.3) is 0 Å². The average molecular weight is 388 g/mol. The molecule has 3 rings (SSSR count). The third-order valence-corrected chi connectivity index (χ3v) is 5.59. The van der Waals surface area contributed by atoms with Crippen LogP contribution in [-0.2, 0) is 9.53 Å². The minimum atomic E-state index is -0.572. The van der Waals surface area contributed by atoms with Crippen LogP contribution in [-0.4, -0.2) is 40.1 Å². The Morgan fingerprint density at radius 3 is 2.50 bits per heavy atom. The Morgan fingerprint density at radius 1 is 1.14 bits per heavy atom. The highest BCUT2D eigenvalue weighted by atomic mass is 16.6. The minimum Gasteiger partial charge on any atom is -0.443 e. The van der Waals surface area contributed by atoms with Gasteiger partial charge in [-0.05, 0) is 52.5 Å². The van der Waals surface area contributed by atoms with E-state index in [9.17, 15) is 9.59 Å². The Labute approximate surface area is 168 Å². The molecular weight excluding hydrogens is 354 g/mol. The maximum Gasteiger partial charge on any atom is 0.416 e. The number of nitrogens with zero attached hydrogens (tertiary/aromatic N) is 3. The van der Waals surface area contributed by atoms with Gasteiger partial charge in [0.1, 0.15) is 11.4 Å². The van der Waals surface area contributed by atoms with Crippen LogP contribution in [0.25, 0.3) is 0 Å². The second-order valence-corrected chi connectivity index (χ2v) is 8.93. The highest BCUT2D eigenvalue weighted by Crippen LogP contribution is 2.38. The highest BCUT2D eigenvalue weighted by molar-refractivity contribution is 5.88. The number of carbonyl (C=O) groups is 2. The lowest BCUT2D eigenvalue weighted by Crippen LogP contribution is -2.45. The van der Waals surface area contributed by atoms with E-state index in [4.69, 9.17) is 4.74 Å². The molecule has 6 nitrogen and oxygen atoms in total. The fraction of sp³-hybridized carbons (Fsp3) is 0.682. The fourth-order valence-electron chi connectivity index (χ4n) is 4.40. The van der Waals surface area contributed by atoms with Gasteiger partial charge in [0.05, 0.1) is 6.04 Å². The second kappa shape index (κ2) is 8.50. The van der Waals surface area contributed by atoms with Crippen molar-refractivity contribution in [2.45, 2.75) is 90.3 Å². The number of carbonyl (C=O) groups excluding carboxylic acids is 2. The maximum atomic E-state index is 13.2. The molecule has 1 aromatic rings. The largest absolute Gasteiger partial charge is 0.443 e. The van der Waals surface area contributed by atoms with E-state index in [1.165, 1.54) is 6.42 Å². The summed E-state index contributed by atoms with van der Waals surface area (Å²) in [5, 5.41) is 0. The normalized spacial score (nSPS) is 20.9. The van der Waals surface area contributed by atoms with E-state index >= 15 is 0 Å². The lowest BCUT2D eigenvalue weighted by Gasteiger charge is -2.37. The van der Waals surface area contributed by atoms with E-state index in [0.29, 0.717) is 5.82 Å². The number of pyridine rings is 1. The molecule has 1 aliphatic heterocycles.